The number of unbranched alkanes of at least 4 members (excludes halogenated alkanes) is 20. The maximum Gasteiger partial charge on any atom is 1.00 e. The Morgan fingerprint density at radius 2 is 1.36 bits per heavy atom. The fraction of sp³-hybridized carbons (Fsp3) is 0.829. The molecule has 3 N–H and O–H groups in total. The predicted octanol–water partition coefficient (Wildman–Crippen LogP) is 6.07. The molecule has 0 radical (unpaired) electrons. The van der Waals surface area contributed by atoms with E-state index in [2.05, 4.69) is 28.8 Å². The molecule has 1 saturated heterocycles. The Balaban J connectivity index is 0.0000120. The molecule has 2 aromatic heterocycles. The fourth-order valence-electron chi connectivity index (χ4n) is 7.02. The minimum Gasteiger partial charge on any atom is -0.756 e. The first kappa shape index (κ1) is 53.7. The average molecular weight is 882 g/mol. The van der Waals surface area contributed by atoms with Crippen LogP contribution >= 0.6 is 19.4 Å². The number of nitrogens with zero attached hydrogens (tertiary/aromatic N) is 4. The summed E-state index contributed by atoms with van der Waals surface area (Å²) in [5.74, 6) is -0.900. The number of hydrogen-bond donors (Lipinski definition) is 2. The van der Waals surface area contributed by atoms with Gasteiger partial charge in [-0.2, -0.15) is 9.97 Å². The number of phosphoric acid groups is 1. The fourth-order valence-corrected chi connectivity index (χ4v) is 7.94. The molecule has 1 aliphatic heterocycles. The molecule has 0 aromatic carbocycles. The van der Waals surface area contributed by atoms with Gasteiger partial charge in [0.2, 0.25) is 5.28 Å². The molecule has 59 heavy (non-hydrogen) atoms. The van der Waals surface area contributed by atoms with Gasteiger partial charge in [-0.25, -0.2) is 4.98 Å². The van der Waals surface area contributed by atoms with Crippen LogP contribution in [0.25, 0.3) is 11.2 Å². The number of carbonyl (C=O) groups is 2. The second-order valence-corrected chi connectivity index (χ2v) is 17.3. The number of aliphatic hydroxyl groups excluding tert-OH is 1. The van der Waals surface area contributed by atoms with Crippen molar-refractivity contribution in [2.24, 2.45) is 0 Å². The van der Waals surface area contributed by atoms with Crippen LogP contribution in [0.15, 0.2) is 6.33 Å². The van der Waals surface area contributed by atoms with Crippen molar-refractivity contribution >= 4 is 48.3 Å². The zero-order valence-corrected chi connectivity index (χ0v) is 39.6. The van der Waals surface area contributed by atoms with Crippen molar-refractivity contribution in [2.75, 3.05) is 25.6 Å². The standard InChI is InChI=1S/C41H71ClN5O10P.Na/c1-3-5-7-9-11-13-15-17-19-21-23-25-36(49)53-28-32(56-37(50)26-24-22-20-18-16-14-12-10-8-6-4-2)29-54-58(51,52)55-30-34-33(48)27-35(57-34)47-31-44-38-39(43)45-41(42)46-40(38)47;/h31-35,48H,3-30H2,1-2H3,(H,51,52)(H2,43,45,46);/q;+1/p-1/t32?,33-,34+,35+;/m0./s1. The molecule has 0 saturated carbocycles. The third-order valence-electron chi connectivity index (χ3n) is 10.4. The Morgan fingerprint density at radius 1 is 0.847 bits per heavy atom. The molecule has 15 nitrogen and oxygen atoms in total. The number of halogens is 1. The van der Waals surface area contributed by atoms with Crippen LogP contribution in [0.2, 0.25) is 5.28 Å². The third kappa shape index (κ3) is 22.5. The molecule has 5 atom stereocenters. The van der Waals surface area contributed by atoms with Gasteiger partial charge in [-0.15, -0.1) is 0 Å². The number of phosphoric ester groups is 1. The summed E-state index contributed by atoms with van der Waals surface area (Å²) in [6, 6.07) is 0. The Morgan fingerprint density at radius 3 is 1.90 bits per heavy atom. The van der Waals surface area contributed by atoms with Gasteiger partial charge in [0, 0.05) is 19.3 Å². The molecule has 3 heterocycles. The van der Waals surface area contributed by atoms with E-state index in [-0.39, 0.29) is 72.2 Å². The van der Waals surface area contributed by atoms with Crippen LogP contribution in [0.3, 0.4) is 0 Å². The first-order valence-electron chi connectivity index (χ1n) is 22.0. The molecule has 2 aromatic rings. The molecule has 0 amide bonds. The van der Waals surface area contributed by atoms with E-state index in [0.29, 0.717) is 18.4 Å². The smallest absolute Gasteiger partial charge is 0.756 e. The minimum atomic E-state index is -4.98. The van der Waals surface area contributed by atoms with Gasteiger partial charge in [0.1, 0.15) is 24.5 Å². The normalized spacial score (nSPS) is 18.1. The summed E-state index contributed by atoms with van der Waals surface area (Å²) >= 11 is 5.96. The number of ether oxygens (including phenoxy) is 3. The number of anilines is 1. The molecule has 1 aliphatic rings. The van der Waals surface area contributed by atoms with E-state index in [9.17, 15) is 24.2 Å². The average Bonchev–Trinajstić information content (AvgIpc) is 3.79. The summed E-state index contributed by atoms with van der Waals surface area (Å²) < 4.78 is 41.4. The summed E-state index contributed by atoms with van der Waals surface area (Å²) in [7, 11) is -4.98. The van der Waals surface area contributed by atoms with Crippen molar-refractivity contribution in [3.05, 3.63) is 11.6 Å². The summed E-state index contributed by atoms with van der Waals surface area (Å²) in [4.78, 5) is 50.4. The number of aromatic nitrogens is 4. The topological polar surface area (TPSA) is 210 Å². The van der Waals surface area contributed by atoms with Gasteiger partial charge in [0.25, 0.3) is 7.82 Å². The van der Waals surface area contributed by atoms with Gasteiger partial charge >= 0.3 is 41.5 Å². The minimum absolute atomic E-state index is 0. The van der Waals surface area contributed by atoms with Crippen LogP contribution in [0.5, 0.6) is 0 Å². The number of fused-ring (bicyclic) bond motifs is 1. The monoisotopic (exact) mass is 881 g/mol. The molecule has 332 valence electrons. The predicted molar refractivity (Wildman–Crippen MR) is 222 cm³/mol. The van der Waals surface area contributed by atoms with Gasteiger partial charge in [-0.1, -0.05) is 142 Å². The quantitative estimate of drug-likeness (QED) is 0.0269. The summed E-state index contributed by atoms with van der Waals surface area (Å²) in [5, 5.41) is 10.6. The molecule has 2 unspecified atom stereocenters. The van der Waals surface area contributed by atoms with E-state index < -0.39 is 57.5 Å². The van der Waals surface area contributed by atoms with E-state index in [0.717, 1.165) is 38.5 Å². The van der Waals surface area contributed by atoms with E-state index in [1.54, 1.807) is 0 Å². The van der Waals surface area contributed by atoms with Crippen LogP contribution in [-0.4, -0.2) is 74.7 Å². The van der Waals surface area contributed by atoms with Crippen molar-refractivity contribution in [3.8, 4) is 0 Å². The summed E-state index contributed by atoms with van der Waals surface area (Å²) in [6.45, 7) is 2.91. The number of hydrogen-bond acceptors (Lipinski definition) is 14. The molecule has 0 spiro atoms. The van der Waals surface area contributed by atoms with E-state index in [4.69, 9.17) is 40.6 Å². The Kier molecular flexibility index (Phi) is 28.6. The van der Waals surface area contributed by atoms with Gasteiger partial charge < -0.3 is 39.0 Å². The van der Waals surface area contributed by atoms with Gasteiger partial charge in [-0.05, 0) is 24.4 Å². The van der Waals surface area contributed by atoms with Crippen LogP contribution in [0.4, 0.5) is 5.82 Å². The van der Waals surface area contributed by atoms with E-state index >= 15 is 0 Å². The first-order valence-corrected chi connectivity index (χ1v) is 23.8. The van der Waals surface area contributed by atoms with Gasteiger partial charge in [0.15, 0.2) is 17.6 Å². The van der Waals surface area contributed by atoms with Crippen molar-refractivity contribution in [1.82, 2.24) is 19.5 Å². The van der Waals surface area contributed by atoms with Crippen LogP contribution in [0.1, 0.15) is 181 Å². The molecule has 1 fully saturated rings. The largest absolute Gasteiger partial charge is 1.00 e. The number of nitrogens with two attached hydrogens (primary N) is 1. The number of nitrogen functional groups attached to an aromatic ring is 1. The number of esters is 2. The Labute approximate surface area is 378 Å². The maximum atomic E-state index is 12.8. The summed E-state index contributed by atoms with van der Waals surface area (Å²) in [5.41, 5.74) is 6.48. The molecule has 18 heteroatoms. The first-order chi connectivity index (χ1) is 28.0. The number of imidazole rings is 1. The second kappa shape index (κ2) is 31.4. The van der Waals surface area contributed by atoms with E-state index in [1.807, 2.05) is 0 Å². The molecular weight excluding hydrogens is 812 g/mol. The molecular formula is C41H70ClN5NaO10P. The molecule has 0 bridgehead atoms. The maximum absolute atomic E-state index is 12.8. The van der Waals surface area contributed by atoms with Gasteiger partial charge in [0.05, 0.1) is 25.6 Å². The zero-order chi connectivity index (χ0) is 42.0. The van der Waals surface area contributed by atoms with Crippen molar-refractivity contribution < 1.29 is 77.0 Å². The Bertz CT molecular complexity index is 1510. The van der Waals surface area contributed by atoms with E-state index in [1.165, 1.54) is 101 Å². The second-order valence-electron chi connectivity index (χ2n) is 15.5. The summed E-state index contributed by atoms with van der Waals surface area (Å²) in [6.07, 6.45) is 23.0. The third-order valence-corrected chi connectivity index (χ3v) is 11.5. The van der Waals surface area contributed by atoms with Crippen molar-refractivity contribution in [3.63, 3.8) is 0 Å². The van der Waals surface area contributed by atoms with Gasteiger partial charge in [-0.3, -0.25) is 18.7 Å². The number of rotatable bonds is 34. The van der Waals surface area contributed by atoms with Crippen molar-refractivity contribution in [1.29, 1.82) is 0 Å². The zero-order valence-electron chi connectivity index (χ0n) is 36.0. The number of aliphatic hydroxyl groups is 1. The van der Waals surface area contributed by atoms with Crippen LogP contribution in [-0.2, 0) is 37.4 Å². The Hall–Kier alpha value is -1.39. The van der Waals surface area contributed by atoms with Crippen LogP contribution in [0, 0.1) is 0 Å². The number of carbonyl (C=O) groups excluding carboxylic acids is 2. The molecule has 3 rings (SSSR count). The van der Waals surface area contributed by atoms with Crippen molar-refractivity contribution in [2.45, 2.75) is 199 Å². The molecule has 0 aliphatic carbocycles. The SMILES string of the molecule is CCCCCCCCCCCCCC(=O)OCC(COP(=O)([O-])OC[C@H]1O[C@@H](n2cnc3c(N)nc(Cl)nc32)C[C@@H]1O)OC(=O)CCCCCCCCCCCCC.[Na+]. The van der Waals surface area contributed by atoms with Crippen LogP contribution < -0.4 is 40.2 Å².